The van der Waals surface area contributed by atoms with Crippen molar-refractivity contribution in [3.05, 3.63) is 0 Å². The fraction of sp³-hybridized carbons (Fsp3) is 0.950. The van der Waals surface area contributed by atoms with Crippen molar-refractivity contribution in [3.8, 4) is 0 Å². The Balaban J connectivity index is 1.58. The summed E-state index contributed by atoms with van der Waals surface area (Å²) in [5.74, 6) is 2.69. The third-order valence-electron chi connectivity index (χ3n) is 8.45. The number of Topliss-reactive ketones (excluding diaryl/α,β-unsaturated/α-hetero) is 1. The molecular weight excluding hydrogens is 371 g/mol. The predicted octanol–water partition coefficient (Wildman–Crippen LogP) is 4.53. The Morgan fingerprint density at radius 3 is 2.58 bits per heavy atom. The van der Waals surface area contributed by atoms with Crippen LogP contribution in [0.5, 0.6) is 0 Å². The van der Waals surface area contributed by atoms with Crippen LogP contribution >= 0.6 is 15.9 Å². The van der Waals surface area contributed by atoms with Crippen molar-refractivity contribution in [2.24, 2.45) is 40.9 Å². The predicted molar refractivity (Wildman–Crippen MR) is 95.7 cm³/mol. The van der Waals surface area contributed by atoms with Crippen LogP contribution in [0.25, 0.3) is 0 Å². The first-order valence-corrected chi connectivity index (χ1v) is 11.0. The van der Waals surface area contributed by atoms with Gasteiger partial charge >= 0.3 is 0 Å². The molecule has 136 valence electrons. The van der Waals surface area contributed by atoms with Gasteiger partial charge < -0.3 is 5.11 Å². The van der Waals surface area contributed by atoms with Gasteiger partial charge in [-0.2, -0.15) is 0 Å². The molecule has 4 aliphatic carbocycles. The highest BCUT2D eigenvalue weighted by molar-refractivity contribution is 9.09. The van der Waals surface area contributed by atoms with Gasteiger partial charge in [0.25, 0.3) is 0 Å². The van der Waals surface area contributed by atoms with E-state index in [2.05, 4.69) is 22.9 Å². The molecule has 2 nitrogen and oxygen atoms in total. The van der Waals surface area contributed by atoms with E-state index in [4.69, 9.17) is 0 Å². The summed E-state index contributed by atoms with van der Waals surface area (Å²) in [6.45, 7) is 2.32. The lowest BCUT2D eigenvalue weighted by atomic mass is 9.49. The van der Waals surface area contributed by atoms with Gasteiger partial charge in [0.15, 0.2) is 0 Å². The molecule has 0 aromatic rings. The number of alkyl halides is 2. The summed E-state index contributed by atoms with van der Waals surface area (Å²) in [5, 5.41) is 10.4. The third kappa shape index (κ3) is 2.53. The lowest BCUT2D eigenvalue weighted by Gasteiger charge is -2.56. The quantitative estimate of drug-likeness (QED) is 0.691. The molecule has 4 fully saturated rings. The number of ketones is 1. The van der Waals surface area contributed by atoms with E-state index >= 15 is 0 Å². The number of aliphatic hydroxyl groups excluding tert-OH is 1. The number of rotatable bonds is 2. The standard InChI is InChI=1S/C20H30BrFO2/c1-20-7-6-13-12-3-2-11(23)8-15(12)18(22)9-14(13)16(20)4-5-17(20)19(24)10-21/h11-18,23H,2-10H2,1H3. The lowest BCUT2D eigenvalue weighted by molar-refractivity contribution is -0.131. The van der Waals surface area contributed by atoms with Gasteiger partial charge in [-0.15, -0.1) is 0 Å². The fourth-order valence-corrected chi connectivity index (χ4v) is 7.79. The summed E-state index contributed by atoms with van der Waals surface area (Å²) < 4.78 is 15.0. The van der Waals surface area contributed by atoms with Gasteiger partial charge in [0, 0.05) is 5.92 Å². The summed E-state index contributed by atoms with van der Waals surface area (Å²) in [4.78, 5) is 12.4. The van der Waals surface area contributed by atoms with Crippen molar-refractivity contribution in [1.29, 1.82) is 0 Å². The Labute approximate surface area is 153 Å². The van der Waals surface area contributed by atoms with Crippen molar-refractivity contribution >= 4 is 21.7 Å². The SMILES string of the molecule is CC12CCC3C4CCC(O)CC4C(F)CC3C1CCC2C(=O)CBr. The molecule has 0 aromatic heterocycles. The monoisotopic (exact) mass is 400 g/mol. The Bertz CT molecular complexity index is 512. The minimum atomic E-state index is -0.750. The highest BCUT2D eigenvalue weighted by Gasteiger charge is 2.59. The molecule has 0 bridgehead atoms. The number of hydrogen-bond donors (Lipinski definition) is 1. The van der Waals surface area contributed by atoms with Crippen LogP contribution < -0.4 is 0 Å². The first-order chi connectivity index (χ1) is 11.5. The second-order valence-corrected chi connectivity index (χ2v) is 9.82. The zero-order valence-corrected chi connectivity index (χ0v) is 16.2. The summed E-state index contributed by atoms with van der Waals surface area (Å²) >= 11 is 3.36. The molecule has 4 aliphatic rings. The molecule has 0 spiro atoms. The highest BCUT2D eigenvalue weighted by atomic mass is 79.9. The van der Waals surface area contributed by atoms with Crippen LogP contribution in [-0.4, -0.2) is 28.5 Å². The van der Waals surface area contributed by atoms with Gasteiger partial charge in [-0.05, 0) is 86.4 Å². The fourth-order valence-electron chi connectivity index (χ4n) is 7.40. The summed E-state index contributed by atoms with van der Waals surface area (Å²) in [6, 6.07) is 0. The first kappa shape index (κ1) is 17.5. The largest absolute Gasteiger partial charge is 0.393 e. The second-order valence-electron chi connectivity index (χ2n) is 9.25. The molecular formula is C20H30BrFO2. The number of hydrogen-bond acceptors (Lipinski definition) is 2. The Morgan fingerprint density at radius 2 is 1.83 bits per heavy atom. The number of carbonyl (C=O) groups excluding carboxylic acids is 1. The molecule has 9 unspecified atom stereocenters. The number of aliphatic hydroxyl groups is 1. The van der Waals surface area contributed by atoms with E-state index in [1.54, 1.807) is 0 Å². The minimum Gasteiger partial charge on any atom is -0.393 e. The molecule has 4 saturated carbocycles. The average Bonchev–Trinajstić information content (AvgIpc) is 2.92. The molecule has 0 radical (unpaired) electrons. The zero-order chi connectivity index (χ0) is 17.1. The molecule has 0 amide bonds. The van der Waals surface area contributed by atoms with Crippen LogP contribution in [0.4, 0.5) is 4.39 Å². The topological polar surface area (TPSA) is 37.3 Å². The maximum Gasteiger partial charge on any atom is 0.147 e. The first-order valence-electron chi connectivity index (χ1n) is 9.86. The van der Waals surface area contributed by atoms with Gasteiger partial charge in [0.1, 0.15) is 12.0 Å². The van der Waals surface area contributed by atoms with Crippen molar-refractivity contribution < 1.29 is 14.3 Å². The van der Waals surface area contributed by atoms with E-state index in [1.165, 1.54) is 0 Å². The van der Waals surface area contributed by atoms with Crippen LogP contribution in [-0.2, 0) is 4.79 Å². The molecule has 24 heavy (non-hydrogen) atoms. The zero-order valence-electron chi connectivity index (χ0n) is 14.6. The normalized spacial score (nSPS) is 53.8. The average molecular weight is 401 g/mol. The number of halogens is 2. The van der Waals surface area contributed by atoms with E-state index in [9.17, 15) is 14.3 Å². The molecule has 0 heterocycles. The molecule has 4 heteroatoms. The van der Waals surface area contributed by atoms with E-state index < -0.39 is 6.17 Å². The van der Waals surface area contributed by atoms with Crippen LogP contribution in [0.15, 0.2) is 0 Å². The van der Waals surface area contributed by atoms with Crippen molar-refractivity contribution in [2.75, 3.05) is 5.33 Å². The van der Waals surface area contributed by atoms with Crippen molar-refractivity contribution in [2.45, 2.75) is 70.6 Å². The van der Waals surface area contributed by atoms with Gasteiger partial charge in [-0.25, -0.2) is 4.39 Å². The summed E-state index contributed by atoms with van der Waals surface area (Å²) in [6.07, 6.45) is 6.55. The smallest absolute Gasteiger partial charge is 0.147 e. The maximum absolute atomic E-state index is 15.0. The molecule has 0 aromatic carbocycles. The van der Waals surface area contributed by atoms with Gasteiger partial charge in [-0.1, -0.05) is 22.9 Å². The van der Waals surface area contributed by atoms with Gasteiger partial charge in [0.2, 0.25) is 0 Å². The van der Waals surface area contributed by atoms with E-state index in [0.717, 1.165) is 38.5 Å². The number of carbonyl (C=O) groups is 1. The van der Waals surface area contributed by atoms with Crippen LogP contribution in [0.2, 0.25) is 0 Å². The van der Waals surface area contributed by atoms with E-state index in [0.29, 0.717) is 47.6 Å². The van der Waals surface area contributed by atoms with Gasteiger partial charge in [0.05, 0.1) is 11.4 Å². The Morgan fingerprint density at radius 1 is 1.08 bits per heavy atom. The van der Waals surface area contributed by atoms with Crippen molar-refractivity contribution in [3.63, 3.8) is 0 Å². The number of fused-ring (bicyclic) bond motifs is 5. The Hall–Kier alpha value is 0.0400. The third-order valence-corrected chi connectivity index (χ3v) is 9.00. The second kappa shape index (κ2) is 6.33. The lowest BCUT2D eigenvalue weighted by Crippen LogP contribution is -2.52. The minimum absolute atomic E-state index is 0.0840. The van der Waals surface area contributed by atoms with E-state index in [-0.39, 0.29) is 23.4 Å². The van der Waals surface area contributed by atoms with Gasteiger partial charge in [-0.3, -0.25) is 4.79 Å². The molecule has 0 saturated heterocycles. The molecule has 4 rings (SSSR count). The molecule has 0 aliphatic heterocycles. The summed E-state index contributed by atoms with van der Waals surface area (Å²) in [7, 11) is 0. The van der Waals surface area contributed by atoms with Crippen molar-refractivity contribution in [1.82, 2.24) is 0 Å². The van der Waals surface area contributed by atoms with Crippen LogP contribution in [0.1, 0.15) is 58.3 Å². The molecule has 9 atom stereocenters. The molecule has 1 N–H and O–H groups in total. The van der Waals surface area contributed by atoms with Crippen LogP contribution in [0.3, 0.4) is 0 Å². The van der Waals surface area contributed by atoms with Crippen LogP contribution in [0, 0.1) is 40.9 Å². The summed E-state index contributed by atoms with van der Waals surface area (Å²) in [5.41, 5.74) is 0.0900. The highest BCUT2D eigenvalue weighted by Crippen LogP contribution is 2.64. The Kier molecular flexibility index (Phi) is 4.61. The van der Waals surface area contributed by atoms with E-state index in [1.807, 2.05) is 0 Å². The maximum atomic E-state index is 15.0.